The Morgan fingerprint density at radius 1 is 1.11 bits per heavy atom. The molecular formula is H3FO4PTaTiZr. The third kappa shape index (κ3) is 129. The van der Waals surface area contributed by atoms with Crippen LogP contribution < -0.4 is 0 Å². The van der Waals surface area contributed by atoms with Crippen LogP contribution in [0.1, 0.15) is 0 Å². The van der Waals surface area contributed by atoms with Crippen molar-refractivity contribution in [2.45, 2.75) is 0 Å². The second-order valence-corrected chi connectivity index (χ2v) is 1.54. The Balaban J connectivity index is -0.0000000133. The van der Waals surface area contributed by atoms with Crippen LogP contribution in [0.15, 0.2) is 0 Å². The van der Waals surface area contributed by atoms with Gasteiger partial charge in [-0.2, -0.15) is 0 Å². The first-order valence-electron chi connectivity index (χ1n) is 0.783. The fraction of sp³-hybridized carbons (Fsp3) is 0. The molecule has 0 rings (SSSR count). The minimum Gasteiger partial charge on any atom is -0.303 e. The second kappa shape index (κ2) is 13.0. The maximum absolute atomic E-state index is 8.88. The molecule has 0 aromatic carbocycles. The van der Waals surface area contributed by atoms with E-state index < -0.39 is 7.82 Å². The first-order valence-corrected chi connectivity index (χ1v) is 2.35. The molecule has 0 aliphatic heterocycles. The van der Waals surface area contributed by atoms with Crippen LogP contribution in [0, 0.1) is 0 Å². The molecule has 0 atom stereocenters. The molecule has 0 fully saturated rings. The van der Waals surface area contributed by atoms with Gasteiger partial charge >= 0.3 is 7.82 Å². The van der Waals surface area contributed by atoms with Gasteiger partial charge in [0.1, 0.15) is 0 Å². The molecule has 2 radical (unpaired) electrons. The van der Waals surface area contributed by atoms with Gasteiger partial charge in [-0.15, -0.1) is 0 Å². The van der Waals surface area contributed by atoms with E-state index in [1.807, 2.05) is 0 Å². The maximum Gasteiger partial charge on any atom is 0.466 e. The Morgan fingerprint density at radius 3 is 1.11 bits per heavy atom. The summed E-state index contributed by atoms with van der Waals surface area (Å²) in [6.07, 6.45) is 0. The third-order valence-electron chi connectivity index (χ3n) is 0. The van der Waals surface area contributed by atoms with Crippen molar-refractivity contribution in [3.05, 3.63) is 0 Å². The molecule has 52 valence electrons. The van der Waals surface area contributed by atoms with E-state index in [-0.39, 0.29) is 75.0 Å². The Hall–Kier alpha value is 2.38. The van der Waals surface area contributed by atoms with Crippen molar-refractivity contribution < 1.29 is 94.3 Å². The number of rotatable bonds is 0. The second-order valence-electron chi connectivity index (χ2n) is 0.513. The predicted octanol–water partition coefficient (Wildman–Crippen LogP) is -0.516. The molecule has 9 heavy (non-hydrogen) atoms. The average molecular weight is 437 g/mol. The molecule has 9 heteroatoms. The number of hydrogen-bond donors (Lipinski definition) is 3. The fourth-order valence-corrected chi connectivity index (χ4v) is 0. The zero-order valence-electron chi connectivity index (χ0n) is 4.02. The molecular weight excluding hydrogens is 434 g/mol. The van der Waals surface area contributed by atoms with Crippen molar-refractivity contribution in [1.29, 1.82) is 0 Å². The van der Waals surface area contributed by atoms with Crippen LogP contribution in [0.5, 0.6) is 0 Å². The SMILES string of the molecule is O=P(O)(O)O.[F].[Ta].[Ti].[Zr]. The van der Waals surface area contributed by atoms with Crippen molar-refractivity contribution in [3.63, 3.8) is 0 Å². The summed E-state index contributed by atoms with van der Waals surface area (Å²) in [5.74, 6) is 0. The number of phosphoric acid groups is 1. The van der Waals surface area contributed by atoms with Crippen molar-refractivity contribution >= 4 is 7.82 Å². The predicted molar refractivity (Wildman–Crippen MR) is 15.4 cm³/mol. The first-order chi connectivity index (χ1) is 2.00. The summed E-state index contributed by atoms with van der Waals surface area (Å²) >= 11 is 0. The Bertz CT molecular complexity index is 66.7. The fourth-order valence-electron chi connectivity index (χ4n) is 0. The van der Waals surface area contributed by atoms with Crippen LogP contribution >= 0.6 is 7.82 Å². The van der Waals surface area contributed by atoms with Crippen LogP contribution in [0.2, 0.25) is 0 Å². The summed E-state index contributed by atoms with van der Waals surface area (Å²) in [7, 11) is -4.64. The minimum atomic E-state index is -4.64. The van der Waals surface area contributed by atoms with Crippen molar-refractivity contribution in [2.24, 2.45) is 0 Å². The number of halogens is 1. The van der Waals surface area contributed by atoms with Gasteiger partial charge in [0.15, 0.2) is 0 Å². The summed E-state index contributed by atoms with van der Waals surface area (Å²) in [5.41, 5.74) is 0. The monoisotopic (exact) mass is 436 g/mol. The van der Waals surface area contributed by atoms with Gasteiger partial charge in [-0.25, -0.2) is 4.57 Å². The number of hydrogen-bond acceptors (Lipinski definition) is 1. The molecule has 0 amide bonds. The van der Waals surface area contributed by atoms with Crippen LogP contribution in [-0.4, -0.2) is 14.7 Å². The smallest absolute Gasteiger partial charge is 0.303 e. The molecule has 0 bridgehead atoms. The molecule has 0 unspecified atom stereocenters. The molecule has 0 aromatic heterocycles. The summed E-state index contributed by atoms with van der Waals surface area (Å²) in [4.78, 5) is 21.6. The van der Waals surface area contributed by atoms with Crippen LogP contribution in [0.4, 0.5) is 4.70 Å². The van der Waals surface area contributed by atoms with Crippen molar-refractivity contribution in [2.75, 3.05) is 0 Å². The molecule has 0 aliphatic carbocycles. The average Bonchev–Trinajstić information content (AvgIpc) is 0.722. The van der Waals surface area contributed by atoms with Gasteiger partial charge in [0, 0.05) is 75.0 Å². The standard InChI is InChI=1S/F.H3O4P.Ta.Ti.Zr/c;1-5(2,3)4;;;/h;(H3,1,2,3,4);;;. The van der Waals surface area contributed by atoms with Gasteiger partial charge in [-0.3, -0.25) is 0 Å². The van der Waals surface area contributed by atoms with Gasteiger partial charge in [0.05, 0.1) is 0 Å². The first kappa shape index (κ1) is 30.1. The minimum absolute atomic E-state index is 0. The van der Waals surface area contributed by atoms with Crippen LogP contribution in [-0.2, 0) is 74.9 Å². The molecule has 4 nitrogen and oxygen atoms in total. The van der Waals surface area contributed by atoms with E-state index in [1.165, 1.54) is 0 Å². The molecule has 0 spiro atoms. The Morgan fingerprint density at radius 2 is 1.11 bits per heavy atom. The van der Waals surface area contributed by atoms with E-state index in [4.69, 9.17) is 19.2 Å². The van der Waals surface area contributed by atoms with E-state index >= 15 is 0 Å². The van der Waals surface area contributed by atoms with Crippen molar-refractivity contribution in [3.8, 4) is 0 Å². The zero-order valence-corrected chi connectivity index (χ0v) is 12.1. The zero-order chi connectivity index (χ0) is 4.50. The van der Waals surface area contributed by atoms with E-state index in [2.05, 4.69) is 0 Å². The summed E-state index contributed by atoms with van der Waals surface area (Å²) in [5, 5.41) is 0. The normalized spacial score (nSPS) is 6.56. The maximum atomic E-state index is 8.88. The van der Waals surface area contributed by atoms with E-state index in [9.17, 15) is 0 Å². The molecule has 0 aromatic rings. The molecule has 3 N–H and O–H groups in total. The van der Waals surface area contributed by atoms with E-state index in [0.29, 0.717) is 0 Å². The van der Waals surface area contributed by atoms with Crippen molar-refractivity contribution in [1.82, 2.24) is 0 Å². The quantitative estimate of drug-likeness (QED) is 0.353. The van der Waals surface area contributed by atoms with E-state index in [1.54, 1.807) is 0 Å². The van der Waals surface area contributed by atoms with E-state index in [0.717, 1.165) is 0 Å². The van der Waals surface area contributed by atoms with Crippen LogP contribution in [0.25, 0.3) is 0 Å². The van der Waals surface area contributed by atoms with Gasteiger partial charge in [-0.1, -0.05) is 0 Å². The molecule has 0 heterocycles. The van der Waals surface area contributed by atoms with Gasteiger partial charge < -0.3 is 14.7 Å². The Kier molecular flexibility index (Phi) is 43.5. The topological polar surface area (TPSA) is 77.8 Å². The summed E-state index contributed by atoms with van der Waals surface area (Å²) in [6.45, 7) is 0. The molecule has 0 saturated carbocycles. The van der Waals surface area contributed by atoms with Gasteiger partial charge in [0.2, 0.25) is 0 Å². The van der Waals surface area contributed by atoms with Gasteiger partial charge in [0.25, 0.3) is 0 Å². The third-order valence-corrected chi connectivity index (χ3v) is 0. The molecule has 0 saturated heterocycles. The van der Waals surface area contributed by atoms with Crippen LogP contribution in [0.3, 0.4) is 0 Å². The summed E-state index contributed by atoms with van der Waals surface area (Å²) < 4.78 is 8.88. The Labute approximate surface area is 101 Å². The largest absolute Gasteiger partial charge is 0.466 e. The summed E-state index contributed by atoms with van der Waals surface area (Å²) in [6, 6.07) is 0. The van der Waals surface area contributed by atoms with Gasteiger partial charge in [-0.05, 0) is 0 Å². The molecule has 0 aliphatic rings.